The molecular weight excluding hydrogens is 281 g/mol. The zero-order valence-electron chi connectivity index (χ0n) is 10.0. The van der Waals surface area contributed by atoms with Gasteiger partial charge in [-0.3, -0.25) is 0 Å². The van der Waals surface area contributed by atoms with Crippen LogP contribution in [0.4, 0.5) is 4.39 Å². The van der Waals surface area contributed by atoms with Crippen molar-refractivity contribution in [3.05, 3.63) is 34.1 Å². The van der Waals surface area contributed by atoms with Crippen molar-refractivity contribution in [2.45, 2.75) is 38.6 Å². The summed E-state index contributed by atoms with van der Waals surface area (Å²) in [5.41, 5.74) is 1.01. The summed E-state index contributed by atoms with van der Waals surface area (Å²) in [6.07, 6.45) is 6.87. The second-order valence-electron chi connectivity index (χ2n) is 4.86. The van der Waals surface area contributed by atoms with E-state index in [1.165, 1.54) is 32.1 Å². The molecule has 0 spiro atoms. The molecule has 1 N–H and O–H groups in total. The first-order valence-electron chi connectivity index (χ1n) is 6.40. The summed E-state index contributed by atoms with van der Waals surface area (Å²) in [5, 5.41) is 3.39. The van der Waals surface area contributed by atoms with E-state index in [-0.39, 0.29) is 5.82 Å². The van der Waals surface area contributed by atoms with Gasteiger partial charge < -0.3 is 5.32 Å². The summed E-state index contributed by atoms with van der Waals surface area (Å²) < 4.78 is 13.8. The average molecular weight is 300 g/mol. The summed E-state index contributed by atoms with van der Waals surface area (Å²) in [7, 11) is 0. The van der Waals surface area contributed by atoms with Crippen molar-refractivity contribution in [3.63, 3.8) is 0 Å². The van der Waals surface area contributed by atoms with Gasteiger partial charge >= 0.3 is 0 Å². The highest BCUT2D eigenvalue weighted by molar-refractivity contribution is 9.10. The fraction of sp³-hybridized carbons (Fsp3) is 0.571. The van der Waals surface area contributed by atoms with Crippen LogP contribution in [-0.4, -0.2) is 6.54 Å². The Morgan fingerprint density at radius 3 is 2.76 bits per heavy atom. The Bertz CT molecular complexity index is 361. The molecule has 1 aromatic carbocycles. The Kier molecular flexibility index (Phi) is 4.99. The largest absolute Gasteiger partial charge is 0.313 e. The van der Waals surface area contributed by atoms with Gasteiger partial charge in [-0.25, -0.2) is 4.39 Å². The molecule has 94 valence electrons. The van der Waals surface area contributed by atoms with Gasteiger partial charge in [0.05, 0.1) is 4.47 Å². The quantitative estimate of drug-likeness (QED) is 0.801. The SMILES string of the molecule is Fc1cc(CNCCC2CCCC2)ccc1Br. The van der Waals surface area contributed by atoms with Crippen molar-refractivity contribution in [3.8, 4) is 0 Å². The first-order valence-corrected chi connectivity index (χ1v) is 7.19. The molecule has 0 amide bonds. The number of hydrogen-bond acceptors (Lipinski definition) is 1. The van der Waals surface area contributed by atoms with Crippen LogP contribution in [-0.2, 0) is 6.54 Å². The van der Waals surface area contributed by atoms with Gasteiger partial charge in [-0.05, 0) is 52.5 Å². The van der Waals surface area contributed by atoms with Gasteiger partial charge in [-0.2, -0.15) is 0 Å². The molecule has 0 aromatic heterocycles. The van der Waals surface area contributed by atoms with Crippen LogP contribution in [0.25, 0.3) is 0 Å². The fourth-order valence-electron chi connectivity index (χ4n) is 2.49. The molecule has 0 bridgehead atoms. The second-order valence-corrected chi connectivity index (χ2v) is 5.72. The van der Waals surface area contributed by atoms with Crippen LogP contribution in [0.15, 0.2) is 22.7 Å². The van der Waals surface area contributed by atoms with Crippen LogP contribution < -0.4 is 5.32 Å². The maximum Gasteiger partial charge on any atom is 0.137 e. The van der Waals surface area contributed by atoms with Crippen molar-refractivity contribution in [2.24, 2.45) is 5.92 Å². The third kappa shape index (κ3) is 4.07. The van der Waals surface area contributed by atoms with Crippen LogP contribution in [0.1, 0.15) is 37.7 Å². The highest BCUT2D eigenvalue weighted by atomic mass is 79.9. The predicted octanol–water partition coefficient (Wildman–Crippen LogP) is 4.26. The first-order chi connectivity index (χ1) is 8.25. The summed E-state index contributed by atoms with van der Waals surface area (Å²) in [6.45, 7) is 1.80. The van der Waals surface area contributed by atoms with Crippen molar-refractivity contribution < 1.29 is 4.39 Å². The lowest BCUT2D eigenvalue weighted by molar-refractivity contribution is 0.477. The highest BCUT2D eigenvalue weighted by Gasteiger charge is 2.13. The van der Waals surface area contributed by atoms with Crippen molar-refractivity contribution in [1.29, 1.82) is 0 Å². The van der Waals surface area contributed by atoms with Crippen LogP contribution in [0.3, 0.4) is 0 Å². The Labute approximate surface area is 111 Å². The maximum absolute atomic E-state index is 13.3. The molecule has 1 saturated carbocycles. The molecule has 1 aromatic rings. The van der Waals surface area contributed by atoms with Gasteiger partial charge in [0.2, 0.25) is 0 Å². The number of rotatable bonds is 5. The van der Waals surface area contributed by atoms with E-state index in [2.05, 4.69) is 21.2 Å². The van der Waals surface area contributed by atoms with Gasteiger partial charge in [-0.15, -0.1) is 0 Å². The lowest BCUT2D eigenvalue weighted by Gasteiger charge is -2.10. The molecule has 17 heavy (non-hydrogen) atoms. The molecule has 1 aliphatic rings. The Morgan fingerprint density at radius 2 is 2.06 bits per heavy atom. The van der Waals surface area contributed by atoms with Crippen LogP contribution in [0.2, 0.25) is 0 Å². The maximum atomic E-state index is 13.3. The fourth-order valence-corrected chi connectivity index (χ4v) is 2.73. The molecule has 1 nitrogen and oxygen atoms in total. The van der Waals surface area contributed by atoms with E-state index in [1.54, 1.807) is 12.1 Å². The second kappa shape index (κ2) is 6.50. The van der Waals surface area contributed by atoms with E-state index in [0.29, 0.717) is 4.47 Å². The standard InChI is InChI=1S/C14H19BrFN/c15-13-6-5-12(9-14(13)16)10-17-8-7-11-3-1-2-4-11/h5-6,9,11,17H,1-4,7-8,10H2. The van der Waals surface area contributed by atoms with Crippen LogP contribution >= 0.6 is 15.9 Å². The third-order valence-electron chi connectivity index (χ3n) is 3.52. The van der Waals surface area contributed by atoms with Gasteiger partial charge in [0, 0.05) is 6.54 Å². The Balaban J connectivity index is 1.68. The highest BCUT2D eigenvalue weighted by Crippen LogP contribution is 2.26. The normalized spacial score (nSPS) is 16.6. The molecule has 1 fully saturated rings. The minimum Gasteiger partial charge on any atom is -0.313 e. The number of benzene rings is 1. The number of hydrogen-bond donors (Lipinski definition) is 1. The van der Waals surface area contributed by atoms with E-state index >= 15 is 0 Å². The molecule has 0 aliphatic heterocycles. The molecule has 3 heteroatoms. The van der Waals surface area contributed by atoms with Crippen molar-refractivity contribution >= 4 is 15.9 Å². The smallest absolute Gasteiger partial charge is 0.137 e. The van der Waals surface area contributed by atoms with Crippen molar-refractivity contribution in [1.82, 2.24) is 5.32 Å². The van der Waals surface area contributed by atoms with Crippen LogP contribution in [0.5, 0.6) is 0 Å². The summed E-state index contributed by atoms with van der Waals surface area (Å²) in [5.74, 6) is 0.740. The lowest BCUT2D eigenvalue weighted by atomic mass is 10.0. The first kappa shape index (κ1) is 13.0. The summed E-state index contributed by atoms with van der Waals surface area (Å²) >= 11 is 3.16. The molecule has 0 radical (unpaired) electrons. The van der Waals surface area contributed by atoms with E-state index in [9.17, 15) is 4.39 Å². The Hall–Kier alpha value is -0.410. The molecule has 0 atom stereocenters. The summed E-state index contributed by atoms with van der Waals surface area (Å²) in [6, 6.07) is 5.31. The topological polar surface area (TPSA) is 12.0 Å². The minimum atomic E-state index is -0.180. The van der Waals surface area contributed by atoms with E-state index in [1.807, 2.05) is 6.07 Å². The van der Waals surface area contributed by atoms with E-state index in [0.717, 1.165) is 24.6 Å². The van der Waals surface area contributed by atoms with Gasteiger partial charge in [0.1, 0.15) is 5.82 Å². The third-order valence-corrected chi connectivity index (χ3v) is 4.16. The number of nitrogens with one attached hydrogen (secondary N) is 1. The molecule has 0 unspecified atom stereocenters. The zero-order valence-corrected chi connectivity index (χ0v) is 11.6. The number of halogens is 2. The molecule has 0 heterocycles. The molecule has 1 aliphatic carbocycles. The average Bonchev–Trinajstić information content (AvgIpc) is 2.82. The van der Waals surface area contributed by atoms with Gasteiger partial charge in [0.15, 0.2) is 0 Å². The Morgan fingerprint density at radius 1 is 1.29 bits per heavy atom. The van der Waals surface area contributed by atoms with Crippen LogP contribution in [0, 0.1) is 11.7 Å². The van der Waals surface area contributed by atoms with E-state index in [4.69, 9.17) is 0 Å². The van der Waals surface area contributed by atoms with Gasteiger partial charge in [0.25, 0.3) is 0 Å². The monoisotopic (exact) mass is 299 g/mol. The zero-order chi connectivity index (χ0) is 12.1. The minimum absolute atomic E-state index is 0.180. The lowest BCUT2D eigenvalue weighted by Crippen LogP contribution is -2.17. The predicted molar refractivity (Wildman–Crippen MR) is 72.4 cm³/mol. The molecule has 0 saturated heterocycles. The van der Waals surface area contributed by atoms with Crippen molar-refractivity contribution in [2.75, 3.05) is 6.54 Å². The summed E-state index contributed by atoms with van der Waals surface area (Å²) in [4.78, 5) is 0. The molecular formula is C14H19BrFN. The van der Waals surface area contributed by atoms with E-state index < -0.39 is 0 Å². The van der Waals surface area contributed by atoms with Gasteiger partial charge in [-0.1, -0.05) is 31.7 Å². The molecule has 2 rings (SSSR count).